The number of benzene rings is 1. The largest absolute Gasteiger partial charge is 0.483 e. The van der Waals surface area contributed by atoms with Gasteiger partial charge in [-0.15, -0.1) is 10.2 Å². The van der Waals surface area contributed by atoms with E-state index in [4.69, 9.17) is 9.90 Å². The third-order valence-corrected chi connectivity index (χ3v) is 5.68. The molecule has 2 aliphatic rings. The van der Waals surface area contributed by atoms with Crippen molar-refractivity contribution in [2.75, 3.05) is 24.5 Å². The van der Waals surface area contributed by atoms with Gasteiger partial charge in [0.25, 0.3) is 6.47 Å². The number of piperidine rings is 1. The SMILES string of the molecule is Cc1ccc(N2CCCC3(CCCN3CCn3cnnc3)C2=O)cc1.O=CO. The molecule has 2 aromatic rings. The van der Waals surface area contributed by atoms with Gasteiger partial charge in [-0.3, -0.25) is 14.5 Å². The molecule has 1 N–H and O–H groups in total. The van der Waals surface area contributed by atoms with E-state index in [0.29, 0.717) is 0 Å². The highest BCUT2D eigenvalue weighted by molar-refractivity contribution is 6.01. The van der Waals surface area contributed by atoms with Gasteiger partial charge in [0.15, 0.2) is 0 Å². The Labute approximate surface area is 164 Å². The lowest BCUT2D eigenvalue weighted by Crippen LogP contribution is -2.60. The Hall–Kier alpha value is -2.74. The van der Waals surface area contributed by atoms with E-state index in [1.165, 1.54) is 5.56 Å². The van der Waals surface area contributed by atoms with Crippen molar-refractivity contribution in [1.29, 1.82) is 0 Å². The number of hydrogen-bond acceptors (Lipinski definition) is 5. The van der Waals surface area contributed by atoms with E-state index in [0.717, 1.165) is 57.5 Å². The molecular weight excluding hydrogens is 358 g/mol. The molecule has 1 spiro atoms. The predicted octanol–water partition coefficient (Wildman–Crippen LogP) is 1.95. The van der Waals surface area contributed by atoms with Crippen molar-refractivity contribution < 1.29 is 14.7 Å². The quantitative estimate of drug-likeness (QED) is 0.809. The average Bonchev–Trinajstić information content (AvgIpc) is 3.34. The molecule has 1 aromatic carbocycles. The number of carbonyl (C=O) groups excluding carboxylic acids is 1. The lowest BCUT2D eigenvalue weighted by Gasteiger charge is -2.44. The van der Waals surface area contributed by atoms with Gasteiger partial charge in [-0.2, -0.15) is 0 Å². The number of aromatic nitrogens is 3. The fourth-order valence-corrected chi connectivity index (χ4v) is 4.32. The topological polar surface area (TPSA) is 91.6 Å². The molecule has 0 saturated carbocycles. The average molecular weight is 385 g/mol. The molecule has 2 aliphatic heterocycles. The number of likely N-dealkylation sites (tertiary alicyclic amines) is 1. The van der Waals surface area contributed by atoms with Crippen LogP contribution in [0.5, 0.6) is 0 Å². The number of hydrogen-bond donors (Lipinski definition) is 1. The minimum absolute atomic E-state index is 0.250. The van der Waals surface area contributed by atoms with Crippen LogP contribution in [0.15, 0.2) is 36.9 Å². The second-order valence-corrected chi connectivity index (χ2v) is 7.32. The minimum atomic E-state index is -0.322. The standard InChI is InChI=1S/C19H25N5O.CH2O2/c1-16-4-6-17(7-5-16)24-11-3-9-19(18(24)25)8-2-10-23(19)13-12-22-14-20-21-15-22;2-1-3/h4-7,14-15H,2-3,8-13H2,1H3;1H,(H,2,3). The first-order valence-corrected chi connectivity index (χ1v) is 9.65. The van der Waals surface area contributed by atoms with Gasteiger partial charge in [0, 0.05) is 25.3 Å². The van der Waals surface area contributed by atoms with Gasteiger partial charge in [-0.25, -0.2) is 0 Å². The van der Waals surface area contributed by atoms with Gasteiger partial charge in [-0.1, -0.05) is 17.7 Å². The van der Waals surface area contributed by atoms with E-state index in [2.05, 4.69) is 46.3 Å². The molecule has 8 heteroatoms. The molecule has 4 rings (SSSR count). The van der Waals surface area contributed by atoms with Crippen LogP contribution in [-0.4, -0.2) is 62.3 Å². The van der Waals surface area contributed by atoms with E-state index in [9.17, 15) is 4.79 Å². The van der Waals surface area contributed by atoms with Crippen LogP contribution in [0.3, 0.4) is 0 Å². The number of anilines is 1. The van der Waals surface area contributed by atoms with E-state index in [1.54, 1.807) is 12.7 Å². The molecule has 2 saturated heterocycles. The molecule has 0 bridgehead atoms. The van der Waals surface area contributed by atoms with Gasteiger partial charge in [0.2, 0.25) is 5.91 Å². The van der Waals surface area contributed by atoms with Crippen LogP contribution in [-0.2, 0) is 16.1 Å². The summed E-state index contributed by atoms with van der Waals surface area (Å²) in [6, 6.07) is 8.32. The molecule has 1 amide bonds. The van der Waals surface area contributed by atoms with Crippen molar-refractivity contribution in [3.8, 4) is 0 Å². The number of carboxylic acid groups (broad SMARTS) is 1. The number of amides is 1. The maximum absolute atomic E-state index is 13.5. The smallest absolute Gasteiger partial charge is 0.290 e. The Morgan fingerprint density at radius 1 is 1.07 bits per heavy atom. The highest BCUT2D eigenvalue weighted by atomic mass is 16.3. The highest BCUT2D eigenvalue weighted by Gasteiger charge is 2.50. The van der Waals surface area contributed by atoms with Crippen molar-refractivity contribution in [1.82, 2.24) is 19.7 Å². The third kappa shape index (κ3) is 4.06. The van der Waals surface area contributed by atoms with Crippen molar-refractivity contribution in [3.63, 3.8) is 0 Å². The van der Waals surface area contributed by atoms with Crippen LogP contribution >= 0.6 is 0 Å². The zero-order chi connectivity index (χ0) is 20.0. The molecule has 150 valence electrons. The van der Waals surface area contributed by atoms with Gasteiger partial charge in [0.05, 0.1) is 0 Å². The Morgan fingerprint density at radius 3 is 2.32 bits per heavy atom. The van der Waals surface area contributed by atoms with Crippen molar-refractivity contribution in [2.24, 2.45) is 0 Å². The summed E-state index contributed by atoms with van der Waals surface area (Å²) in [6.45, 7) is 5.34. The molecule has 1 unspecified atom stereocenters. The molecule has 8 nitrogen and oxygen atoms in total. The van der Waals surface area contributed by atoms with E-state index in [1.807, 2.05) is 9.47 Å². The molecule has 2 fully saturated rings. The molecule has 0 radical (unpaired) electrons. The molecular formula is C20H27N5O3. The predicted molar refractivity (Wildman–Crippen MR) is 105 cm³/mol. The highest BCUT2D eigenvalue weighted by Crippen LogP contribution is 2.39. The maximum atomic E-state index is 13.5. The van der Waals surface area contributed by atoms with E-state index < -0.39 is 0 Å². The number of aryl methyl sites for hydroxylation is 1. The second kappa shape index (κ2) is 8.97. The van der Waals surface area contributed by atoms with Gasteiger partial charge < -0.3 is 14.6 Å². The maximum Gasteiger partial charge on any atom is 0.290 e. The Kier molecular flexibility index (Phi) is 6.41. The summed E-state index contributed by atoms with van der Waals surface area (Å²) in [5.41, 5.74) is 1.93. The van der Waals surface area contributed by atoms with E-state index >= 15 is 0 Å². The Morgan fingerprint density at radius 2 is 1.68 bits per heavy atom. The van der Waals surface area contributed by atoms with Crippen LogP contribution in [0, 0.1) is 6.92 Å². The normalized spacial score (nSPS) is 22.2. The van der Waals surface area contributed by atoms with Gasteiger partial charge >= 0.3 is 0 Å². The molecule has 1 aromatic heterocycles. The molecule has 3 heterocycles. The summed E-state index contributed by atoms with van der Waals surface area (Å²) in [6.07, 6.45) is 7.57. The number of carbonyl (C=O) groups is 2. The van der Waals surface area contributed by atoms with Crippen LogP contribution in [0.4, 0.5) is 5.69 Å². The fourth-order valence-electron chi connectivity index (χ4n) is 4.32. The van der Waals surface area contributed by atoms with Gasteiger partial charge in [0.1, 0.15) is 18.2 Å². The fraction of sp³-hybridized carbons (Fsp3) is 0.500. The molecule has 0 aliphatic carbocycles. The van der Waals surface area contributed by atoms with Crippen LogP contribution < -0.4 is 4.90 Å². The molecule has 28 heavy (non-hydrogen) atoms. The van der Waals surface area contributed by atoms with E-state index in [-0.39, 0.29) is 17.9 Å². The summed E-state index contributed by atoms with van der Waals surface area (Å²) in [4.78, 5) is 26.2. The van der Waals surface area contributed by atoms with Crippen LogP contribution in [0.1, 0.15) is 31.2 Å². The van der Waals surface area contributed by atoms with Crippen molar-refractivity contribution >= 4 is 18.1 Å². The van der Waals surface area contributed by atoms with Gasteiger partial charge in [-0.05, 0) is 51.3 Å². The summed E-state index contributed by atoms with van der Waals surface area (Å²) >= 11 is 0. The monoisotopic (exact) mass is 385 g/mol. The first-order chi connectivity index (χ1) is 13.6. The van der Waals surface area contributed by atoms with Crippen LogP contribution in [0.2, 0.25) is 0 Å². The Bertz CT molecular complexity index is 778. The van der Waals surface area contributed by atoms with Crippen molar-refractivity contribution in [3.05, 3.63) is 42.5 Å². The zero-order valence-electron chi connectivity index (χ0n) is 16.2. The first kappa shape index (κ1) is 20.0. The summed E-state index contributed by atoms with van der Waals surface area (Å²) in [7, 11) is 0. The van der Waals surface area contributed by atoms with Crippen LogP contribution in [0.25, 0.3) is 0 Å². The first-order valence-electron chi connectivity index (χ1n) is 9.65. The zero-order valence-corrected chi connectivity index (χ0v) is 16.2. The van der Waals surface area contributed by atoms with Crippen molar-refractivity contribution in [2.45, 2.75) is 44.7 Å². The lowest BCUT2D eigenvalue weighted by molar-refractivity contribution is -0.131. The number of nitrogens with zero attached hydrogens (tertiary/aromatic N) is 5. The summed E-state index contributed by atoms with van der Waals surface area (Å²) < 4.78 is 1.98. The third-order valence-electron chi connectivity index (χ3n) is 5.68. The summed E-state index contributed by atoms with van der Waals surface area (Å²) in [5, 5.41) is 14.6. The minimum Gasteiger partial charge on any atom is -0.483 e. The summed E-state index contributed by atoms with van der Waals surface area (Å²) in [5.74, 6) is 0.281. The second-order valence-electron chi connectivity index (χ2n) is 7.32. The number of rotatable bonds is 4. The Balaban J connectivity index is 0.000000706. The lowest BCUT2D eigenvalue weighted by atomic mass is 9.85. The molecule has 1 atom stereocenters.